The molecule has 31 heavy (non-hydrogen) atoms. The summed E-state index contributed by atoms with van der Waals surface area (Å²) in [5.74, 6) is 1.88. The first-order valence-electron chi connectivity index (χ1n) is 11.8. The van der Waals surface area contributed by atoms with Gasteiger partial charge in [0, 0.05) is 28.2 Å². The van der Waals surface area contributed by atoms with Crippen LogP contribution in [0.1, 0.15) is 58.3 Å². The molecule has 0 aliphatic carbocycles. The van der Waals surface area contributed by atoms with Gasteiger partial charge in [0.15, 0.2) is 0 Å². The van der Waals surface area contributed by atoms with Crippen molar-refractivity contribution in [2.45, 2.75) is 58.3 Å². The van der Waals surface area contributed by atoms with Gasteiger partial charge in [-0.25, -0.2) is 4.99 Å². The molecule has 170 valence electrons. The fourth-order valence-corrected chi connectivity index (χ4v) is 3.61. The normalized spacial score (nSPS) is 10.6. The first-order valence-corrected chi connectivity index (χ1v) is 11.8. The summed E-state index contributed by atoms with van der Waals surface area (Å²) in [5, 5.41) is 0. The second-order valence-electron chi connectivity index (χ2n) is 8.60. The number of guanidine groups is 1. The third kappa shape index (κ3) is 9.04. The van der Waals surface area contributed by atoms with Crippen molar-refractivity contribution >= 4 is 11.6 Å². The molecule has 2 rings (SSSR count). The fraction of sp³-hybridized carbons (Fsp3) is 0.519. The summed E-state index contributed by atoms with van der Waals surface area (Å²) in [7, 11) is 8.02. The lowest BCUT2D eigenvalue weighted by atomic mass is 10.1. The van der Waals surface area contributed by atoms with Crippen molar-refractivity contribution in [1.82, 2.24) is 9.80 Å². The molecule has 2 aromatic carbocycles. The predicted octanol–water partition coefficient (Wildman–Crippen LogP) is 6.98. The number of unbranched alkanes of at least 4 members (excludes halogenated alkanes) is 7. The van der Waals surface area contributed by atoms with Gasteiger partial charge in [-0.05, 0) is 41.8 Å². The van der Waals surface area contributed by atoms with Crippen LogP contribution in [0.2, 0.25) is 0 Å². The maximum atomic E-state index is 5.92. The van der Waals surface area contributed by atoms with Crippen molar-refractivity contribution in [2.24, 2.45) is 4.99 Å². The Morgan fingerprint density at radius 2 is 1.16 bits per heavy atom. The van der Waals surface area contributed by atoms with E-state index >= 15 is 0 Å². The standard InChI is InChI=1S/C27H41N3O/c1-6-7-8-9-10-11-12-13-22-31-26-20-16-24(17-21-26)23-14-18-25(19-15-23)28-27(29(2)3)30(4)5/h14-21H,6-13,22H2,1-5H3. The smallest absolute Gasteiger partial charge is 0.200 e. The SMILES string of the molecule is CCCCCCCCCCOc1ccc(-c2ccc(N=C(N(C)C)N(C)C)cc2)cc1. The Bertz CT molecular complexity index is 754. The number of benzene rings is 2. The van der Waals surface area contributed by atoms with E-state index in [0.29, 0.717) is 0 Å². The van der Waals surface area contributed by atoms with Gasteiger partial charge in [0.05, 0.1) is 12.3 Å². The highest BCUT2D eigenvalue weighted by molar-refractivity contribution is 5.82. The van der Waals surface area contributed by atoms with Gasteiger partial charge in [-0.1, -0.05) is 76.1 Å². The van der Waals surface area contributed by atoms with Crippen molar-refractivity contribution in [2.75, 3.05) is 34.8 Å². The van der Waals surface area contributed by atoms with Crippen LogP contribution in [0.15, 0.2) is 53.5 Å². The van der Waals surface area contributed by atoms with E-state index < -0.39 is 0 Å². The van der Waals surface area contributed by atoms with Crippen molar-refractivity contribution in [3.05, 3.63) is 48.5 Å². The van der Waals surface area contributed by atoms with E-state index in [2.05, 4.69) is 55.5 Å². The van der Waals surface area contributed by atoms with Gasteiger partial charge in [0.25, 0.3) is 0 Å². The third-order valence-corrected chi connectivity index (χ3v) is 5.35. The molecule has 0 radical (unpaired) electrons. The molecule has 0 amide bonds. The Balaban J connectivity index is 1.79. The van der Waals surface area contributed by atoms with Crippen LogP contribution in [0.25, 0.3) is 11.1 Å². The lowest BCUT2D eigenvalue weighted by Crippen LogP contribution is -2.35. The number of ether oxygens (including phenoxy) is 1. The predicted molar refractivity (Wildman–Crippen MR) is 134 cm³/mol. The van der Waals surface area contributed by atoms with E-state index in [4.69, 9.17) is 9.73 Å². The van der Waals surface area contributed by atoms with Crippen LogP contribution < -0.4 is 4.74 Å². The molecule has 0 unspecified atom stereocenters. The molecule has 0 heterocycles. The van der Waals surface area contributed by atoms with E-state index in [0.717, 1.165) is 30.4 Å². The Labute approximate surface area is 189 Å². The van der Waals surface area contributed by atoms with Crippen LogP contribution in [0.4, 0.5) is 5.69 Å². The molecule has 4 nitrogen and oxygen atoms in total. The quantitative estimate of drug-likeness (QED) is 0.209. The molecule has 0 aromatic heterocycles. The first-order chi connectivity index (χ1) is 15.0. The molecule has 2 aromatic rings. The highest BCUT2D eigenvalue weighted by Crippen LogP contribution is 2.25. The van der Waals surface area contributed by atoms with Crippen molar-refractivity contribution in [1.29, 1.82) is 0 Å². The van der Waals surface area contributed by atoms with Crippen LogP contribution in [0, 0.1) is 0 Å². The Morgan fingerprint density at radius 1 is 0.677 bits per heavy atom. The lowest BCUT2D eigenvalue weighted by Gasteiger charge is -2.22. The topological polar surface area (TPSA) is 28.1 Å². The van der Waals surface area contributed by atoms with Crippen LogP contribution >= 0.6 is 0 Å². The molecule has 4 heteroatoms. The number of aliphatic imine (C=N–C) groups is 1. The van der Waals surface area contributed by atoms with Gasteiger partial charge >= 0.3 is 0 Å². The maximum absolute atomic E-state index is 5.92. The van der Waals surface area contributed by atoms with Gasteiger partial charge in [0.1, 0.15) is 5.75 Å². The van der Waals surface area contributed by atoms with E-state index in [1.807, 2.05) is 38.0 Å². The largest absolute Gasteiger partial charge is 0.494 e. The Morgan fingerprint density at radius 3 is 1.68 bits per heavy atom. The minimum Gasteiger partial charge on any atom is -0.494 e. The number of rotatable bonds is 12. The van der Waals surface area contributed by atoms with Gasteiger partial charge in [-0.2, -0.15) is 0 Å². The van der Waals surface area contributed by atoms with Crippen LogP contribution in [0.3, 0.4) is 0 Å². The summed E-state index contributed by atoms with van der Waals surface area (Å²) < 4.78 is 5.92. The molecule has 0 aliphatic heterocycles. The van der Waals surface area contributed by atoms with Gasteiger partial charge < -0.3 is 14.5 Å². The number of hydrogen-bond donors (Lipinski definition) is 0. The zero-order chi connectivity index (χ0) is 22.5. The summed E-state index contributed by atoms with van der Waals surface area (Å²) in [5.41, 5.74) is 3.33. The average Bonchev–Trinajstić information content (AvgIpc) is 2.77. The second kappa shape index (κ2) is 13.7. The molecule has 0 saturated carbocycles. The van der Waals surface area contributed by atoms with E-state index in [1.54, 1.807) is 0 Å². The van der Waals surface area contributed by atoms with Gasteiger partial charge in [-0.3, -0.25) is 0 Å². The Kier molecular flexibility index (Phi) is 11.0. The first kappa shape index (κ1) is 24.8. The summed E-state index contributed by atoms with van der Waals surface area (Å²) in [4.78, 5) is 8.76. The van der Waals surface area contributed by atoms with Crippen molar-refractivity contribution < 1.29 is 4.74 Å². The number of nitrogens with zero attached hydrogens (tertiary/aromatic N) is 3. The molecule has 0 fully saturated rings. The van der Waals surface area contributed by atoms with Crippen molar-refractivity contribution in [3.8, 4) is 16.9 Å². The zero-order valence-electron chi connectivity index (χ0n) is 20.2. The molecule has 0 N–H and O–H groups in total. The van der Waals surface area contributed by atoms with Gasteiger partial charge in [0.2, 0.25) is 5.96 Å². The third-order valence-electron chi connectivity index (χ3n) is 5.35. The van der Waals surface area contributed by atoms with E-state index in [-0.39, 0.29) is 0 Å². The molecule has 0 atom stereocenters. The summed E-state index contributed by atoms with van der Waals surface area (Å²) in [6.07, 6.45) is 10.6. The minimum absolute atomic E-state index is 0.807. The number of hydrogen-bond acceptors (Lipinski definition) is 2. The van der Waals surface area contributed by atoms with Crippen LogP contribution in [0.5, 0.6) is 5.75 Å². The highest BCUT2D eigenvalue weighted by atomic mass is 16.5. The molecular weight excluding hydrogens is 382 g/mol. The second-order valence-corrected chi connectivity index (χ2v) is 8.60. The molecule has 0 saturated heterocycles. The zero-order valence-corrected chi connectivity index (χ0v) is 20.2. The fourth-order valence-electron chi connectivity index (χ4n) is 3.61. The summed E-state index contributed by atoms with van der Waals surface area (Å²) in [6, 6.07) is 16.8. The molecule has 0 aliphatic rings. The monoisotopic (exact) mass is 423 g/mol. The maximum Gasteiger partial charge on any atom is 0.200 e. The highest BCUT2D eigenvalue weighted by Gasteiger charge is 2.05. The summed E-state index contributed by atoms with van der Waals surface area (Å²) >= 11 is 0. The molecule has 0 bridgehead atoms. The average molecular weight is 424 g/mol. The Hall–Kier alpha value is -2.49. The van der Waals surface area contributed by atoms with Crippen LogP contribution in [-0.2, 0) is 0 Å². The lowest BCUT2D eigenvalue weighted by molar-refractivity contribution is 0.304. The molecular formula is C27H41N3O. The van der Waals surface area contributed by atoms with Gasteiger partial charge in [-0.15, -0.1) is 0 Å². The van der Waals surface area contributed by atoms with Crippen LogP contribution in [-0.4, -0.2) is 50.6 Å². The molecule has 0 spiro atoms. The minimum atomic E-state index is 0.807. The van der Waals surface area contributed by atoms with E-state index in [1.165, 1.54) is 56.1 Å². The summed E-state index contributed by atoms with van der Waals surface area (Å²) in [6.45, 7) is 3.07. The van der Waals surface area contributed by atoms with E-state index in [9.17, 15) is 0 Å². The van der Waals surface area contributed by atoms with Crippen molar-refractivity contribution in [3.63, 3.8) is 0 Å².